The highest BCUT2D eigenvalue weighted by molar-refractivity contribution is 5.65. The first-order chi connectivity index (χ1) is 6.83. The Bertz CT molecular complexity index is 424. The maximum atomic E-state index is 5.62. The van der Waals surface area contributed by atoms with E-state index in [4.69, 9.17) is 10.3 Å². The first-order valence-electron chi connectivity index (χ1n) is 4.34. The molecule has 0 unspecified atom stereocenters. The minimum absolute atomic E-state index is 0.374. The molecule has 0 bridgehead atoms. The molecule has 0 aliphatic rings. The third kappa shape index (κ3) is 1.32. The number of nitrogens with two attached hydrogens (primary N) is 1. The van der Waals surface area contributed by atoms with Crippen LogP contribution >= 0.6 is 0 Å². The van der Waals surface area contributed by atoms with E-state index in [0.29, 0.717) is 5.88 Å². The highest BCUT2D eigenvalue weighted by Gasteiger charge is 2.13. The van der Waals surface area contributed by atoms with Crippen LogP contribution in [-0.4, -0.2) is 15.4 Å². The van der Waals surface area contributed by atoms with Gasteiger partial charge in [0.1, 0.15) is 5.69 Å². The third-order valence-electron chi connectivity index (χ3n) is 2.03. The zero-order valence-electron chi connectivity index (χ0n) is 7.77. The van der Waals surface area contributed by atoms with Gasteiger partial charge in [0.2, 0.25) is 5.88 Å². The minimum Gasteiger partial charge on any atom is -0.367 e. The van der Waals surface area contributed by atoms with Crippen LogP contribution < -0.4 is 5.73 Å². The van der Waals surface area contributed by atoms with E-state index >= 15 is 0 Å². The van der Waals surface area contributed by atoms with E-state index in [1.54, 1.807) is 12.4 Å². The summed E-state index contributed by atoms with van der Waals surface area (Å²) in [5.74, 6) is 0.374. The topological polar surface area (TPSA) is 77.8 Å². The number of hydrogen-bond donors (Lipinski definition) is 1. The third-order valence-corrected chi connectivity index (χ3v) is 2.03. The van der Waals surface area contributed by atoms with Gasteiger partial charge in [-0.15, -0.1) is 0 Å². The van der Waals surface area contributed by atoms with Gasteiger partial charge in [0, 0.05) is 11.1 Å². The van der Waals surface area contributed by atoms with Crippen molar-refractivity contribution in [1.82, 2.24) is 15.4 Å². The number of hydrogen-bond acceptors (Lipinski definition) is 5. The van der Waals surface area contributed by atoms with Crippen molar-refractivity contribution < 1.29 is 4.52 Å². The molecule has 0 saturated heterocycles. The zero-order chi connectivity index (χ0) is 9.97. The van der Waals surface area contributed by atoms with Crippen molar-refractivity contribution in [1.29, 1.82) is 0 Å². The van der Waals surface area contributed by atoms with Crippen LogP contribution in [0.25, 0.3) is 11.3 Å². The lowest BCUT2D eigenvalue weighted by Crippen LogP contribution is -1.90. The molecule has 5 nitrogen and oxygen atoms in total. The Morgan fingerprint density at radius 1 is 1.43 bits per heavy atom. The summed E-state index contributed by atoms with van der Waals surface area (Å²) in [7, 11) is 0. The molecule has 2 aromatic rings. The van der Waals surface area contributed by atoms with Gasteiger partial charge in [0.05, 0.1) is 12.4 Å². The van der Waals surface area contributed by atoms with E-state index in [2.05, 4.69) is 15.4 Å². The van der Waals surface area contributed by atoms with Crippen molar-refractivity contribution in [2.75, 3.05) is 5.73 Å². The van der Waals surface area contributed by atoms with Crippen LogP contribution in [0.5, 0.6) is 0 Å². The van der Waals surface area contributed by atoms with E-state index in [1.807, 2.05) is 13.0 Å². The fourth-order valence-electron chi connectivity index (χ4n) is 1.32. The summed E-state index contributed by atoms with van der Waals surface area (Å²) in [6, 6.07) is 1.82. The number of nitrogens with zero attached hydrogens (tertiary/aromatic N) is 3. The van der Waals surface area contributed by atoms with Gasteiger partial charge in [0.25, 0.3) is 0 Å². The van der Waals surface area contributed by atoms with Gasteiger partial charge in [-0.2, -0.15) is 10.2 Å². The Hall–Kier alpha value is -1.91. The Kier molecular flexibility index (Phi) is 2.14. The molecule has 0 aliphatic carbocycles. The molecule has 2 rings (SSSR count). The molecule has 72 valence electrons. The van der Waals surface area contributed by atoms with Gasteiger partial charge in [-0.3, -0.25) is 0 Å². The van der Waals surface area contributed by atoms with E-state index in [0.717, 1.165) is 23.2 Å². The lowest BCUT2D eigenvalue weighted by molar-refractivity contribution is 0.438. The highest BCUT2D eigenvalue weighted by atomic mass is 16.5. The largest absolute Gasteiger partial charge is 0.367 e. The SMILES string of the molecule is CCc1c(-c2ccnnc2)noc1N. The lowest BCUT2D eigenvalue weighted by atomic mass is 10.1. The zero-order valence-corrected chi connectivity index (χ0v) is 7.77. The summed E-state index contributed by atoms with van der Waals surface area (Å²) in [5.41, 5.74) is 8.16. The van der Waals surface area contributed by atoms with Gasteiger partial charge >= 0.3 is 0 Å². The summed E-state index contributed by atoms with van der Waals surface area (Å²) in [6.07, 6.45) is 4.03. The second-order valence-corrected chi connectivity index (χ2v) is 2.86. The van der Waals surface area contributed by atoms with Gasteiger partial charge in [-0.25, -0.2) is 0 Å². The molecule has 0 fully saturated rings. The Morgan fingerprint density at radius 3 is 2.93 bits per heavy atom. The molecule has 0 saturated carbocycles. The average molecular weight is 190 g/mol. The number of anilines is 1. The molecule has 2 aromatic heterocycles. The Balaban J connectivity index is 2.52. The van der Waals surface area contributed by atoms with Crippen molar-refractivity contribution >= 4 is 5.88 Å². The van der Waals surface area contributed by atoms with Gasteiger partial charge in [-0.05, 0) is 12.5 Å². The van der Waals surface area contributed by atoms with E-state index in [9.17, 15) is 0 Å². The van der Waals surface area contributed by atoms with Crippen molar-refractivity contribution in [3.63, 3.8) is 0 Å². The normalized spacial score (nSPS) is 10.4. The van der Waals surface area contributed by atoms with Crippen LogP contribution in [0.4, 0.5) is 5.88 Å². The average Bonchev–Trinajstić information content (AvgIpc) is 2.61. The maximum Gasteiger partial charge on any atom is 0.225 e. The van der Waals surface area contributed by atoms with Crippen molar-refractivity contribution in [2.45, 2.75) is 13.3 Å². The van der Waals surface area contributed by atoms with E-state index < -0.39 is 0 Å². The monoisotopic (exact) mass is 190 g/mol. The Morgan fingerprint density at radius 2 is 2.29 bits per heavy atom. The summed E-state index contributed by atoms with van der Waals surface area (Å²) < 4.78 is 4.92. The maximum absolute atomic E-state index is 5.62. The molecule has 0 radical (unpaired) electrons. The summed E-state index contributed by atoms with van der Waals surface area (Å²) in [6.45, 7) is 2.00. The molecule has 0 aliphatic heterocycles. The van der Waals surface area contributed by atoms with Crippen LogP contribution in [0.2, 0.25) is 0 Å². The second-order valence-electron chi connectivity index (χ2n) is 2.86. The van der Waals surface area contributed by atoms with Gasteiger partial charge in [0.15, 0.2) is 0 Å². The molecule has 0 aromatic carbocycles. The van der Waals surface area contributed by atoms with Crippen LogP contribution in [0.3, 0.4) is 0 Å². The second kappa shape index (κ2) is 3.45. The van der Waals surface area contributed by atoms with Crippen molar-refractivity contribution in [2.24, 2.45) is 0 Å². The summed E-state index contributed by atoms with van der Waals surface area (Å²) >= 11 is 0. The highest BCUT2D eigenvalue weighted by Crippen LogP contribution is 2.26. The standard InChI is InChI=1S/C9H10N4O/c1-2-7-8(13-14-9(7)10)6-3-4-11-12-5-6/h3-5H,2,10H2,1H3. The fourth-order valence-corrected chi connectivity index (χ4v) is 1.32. The summed E-state index contributed by atoms with van der Waals surface area (Å²) in [4.78, 5) is 0. The molecule has 2 heterocycles. The molecule has 0 spiro atoms. The van der Waals surface area contributed by atoms with E-state index in [-0.39, 0.29) is 0 Å². The Labute approximate surface area is 80.9 Å². The molecule has 0 amide bonds. The van der Waals surface area contributed by atoms with Crippen LogP contribution in [0.15, 0.2) is 23.0 Å². The van der Waals surface area contributed by atoms with Gasteiger partial charge in [-0.1, -0.05) is 12.1 Å². The van der Waals surface area contributed by atoms with Crippen molar-refractivity contribution in [3.05, 3.63) is 24.0 Å². The predicted molar refractivity (Wildman–Crippen MR) is 51.3 cm³/mol. The van der Waals surface area contributed by atoms with Crippen LogP contribution in [0.1, 0.15) is 12.5 Å². The molecular weight excluding hydrogens is 180 g/mol. The number of nitrogen functional groups attached to an aromatic ring is 1. The predicted octanol–water partition coefficient (Wildman–Crippen LogP) is 1.28. The number of aromatic nitrogens is 3. The fraction of sp³-hybridized carbons (Fsp3) is 0.222. The molecule has 0 atom stereocenters. The number of rotatable bonds is 2. The van der Waals surface area contributed by atoms with Gasteiger partial charge < -0.3 is 10.3 Å². The molecule has 2 N–H and O–H groups in total. The first kappa shape index (κ1) is 8.68. The quantitative estimate of drug-likeness (QED) is 0.771. The minimum atomic E-state index is 0.374. The van der Waals surface area contributed by atoms with Crippen molar-refractivity contribution in [3.8, 4) is 11.3 Å². The molecular formula is C9H10N4O. The smallest absolute Gasteiger partial charge is 0.225 e. The summed E-state index contributed by atoms with van der Waals surface area (Å²) in [5, 5.41) is 11.4. The van der Waals surface area contributed by atoms with Crippen LogP contribution in [0, 0.1) is 0 Å². The first-order valence-corrected chi connectivity index (χ1v) is 4.34. The van der Waals surface area contributed by atoms with Crippen LogP contribution in [-0.2, 0) is 6.42 Å². The lowest BCUT2D eigenvalue weighted by Gasteiger charge is -1.96. The molecule has 5 heteroatoms. The molecule has 14 heavy (non-hydrogen) atoms. The van der Waals surface area contributed by atoms with E-state index in [1.165, 1.54) is 0 Å².